The molecule has 22 heavy (non-hydrogen) atoms. The fraction of sp³-hybridized carbons (Fsp3) is 0.467. The first-order chi connectivity index (χ1) is 10.7. The van der Waals surface area contributed by atoms with Crippen LogP contribution in [0.25, 0.3) is 11.0 Å². The molecule has 1 amide bonds. The van der Waals surface area contributed by atoms with E-state index in [-0.39, 0.29) is 37.2 Å². The van der Waals surface area contributed by atoms with E-state index in [9.17, 15) is 9.90 Å². The molecule has 2 aliphatic heterocycles. The number of aliphatic hydroxyl groups is 1. The van der Waals surface area contributed by atoms with Gasteiger partial charge in [-0.15, -0.1) is 0 Å². The second-order valence-electron chi connectivity index (χ2n) is 5.64. The molecule has 0 radical (unpaired) electrons. The molecular formula is C15H16N2O5. The molecule has 0 bridgehead atoms. The minimum absolute atomic E-state index is 0.132. The van der Waals surface area contributed by atoms with Gasteiger partial charge < -0.3 is 24.4 Å². The molecular weight excluding hydrogens is 288 g/mol. The summed E-state index contributed by atoms with van der Waals surface area (Å²) in [5.41, 5.74) is 1.27. The Hall–Kier alpha value is -1.96. The topological polar surface area (TPSA) is 93.8 Å². The molecule has 4 atom stereocenters. The quantitative estimate of drug-likeness (QED) is 0.830. The van der Waals surface area contributed by atoms with Crippen LogP contribution in [0.2, 0.25) is 0 Å². The van der Waals surface area contributed by atoms with Crippen LogP contribution >= 0.6 is 0 Å². The molecule has 0 saturated carbocycles. The van der Waals surface area contributed by atoms with Gasteiger partial charge in [-0.1, -0.05) is 17.3 Å². The maximum Gasteiger partial charge on any atom is 0.226 e. The smallest absolute Gasteiger partial charge is 0.226 e. The molecule has 7 heteroatoms. The van der Waals surface area contributed by atoms with Crippen molar-refractivity contribution in [2.45, 2.75) is 30.8 Å². The van der Waals surface area contributed by atoms with Gasteiger partial charge >= 0.3 is 0 Å². The Kier molecular flexibility index (Phi) is 3.33. The fourth-order valence-electron chi connectivity index (χ4n) is 3.08. The average Bonchev–Trinajstić information content (AvgIpc) is 3.19. The van der Waals surface area contributed by atoms with Crippen LogP contribution < -0.4 is 5.32 Å². The first-order valence-electron chi connectivity index (χ1n) is 7.26. The summed E-state index contributed by atoms with van der Waals surface area (Å²) in [7, 11) is 0. The number of nitrogens with zero attached hydrogens (tertiary/aromatic N) is 1. The summed E-state index contributed by atoms with van der Waals surface area (Å²) >= 11 is 0. The van der Waals surface area contributed by atoms with Gasteiger partial charge in [0.05, 0.1) is 25.7 Å². The number of amides is 1. The van der Waals surface area contributed by atoms with Crippen molar-refractivity contribution in [1.29, 1.82) is 0 Å². The Balaban J connectivity index is 1.43. The maximum absolute atomic E-state index is 12.2. The van der Waals surface area contributed by atoms with Crippen molar-refractivity contribution < 1.29 is 23.9 Å². The highest BCUT2D eigenvalue weighted by molar-refractivity contribution is 5.86. The molecule has 116 valence electrons. The summed E-state index contributed by atoms with van der Waals surface area (Å²) in [4.78, 5) is 12.2. The van der Waals surface area contributed by atoms with Crippen LogP contribution in [-0.4, -0.2) is 53.7 Å². The van der Waals surface area contributed by atoms with Gasteiger partial charge in [0.1, 0.15) is 24.0 Å². The van der Waals surface area contributed by atoms with Gasteiger partial charge in [0.25, 0.3) is 0 Å². The molecule has 4 rings (SSSR count). The van der Waals surface area contributed by atoms with Crippen molar-refractivity contribution in [3.63, 3.8) is 0 Å². The van der Waals surface area contributed by atoms with E-state index in [1.54, 1.807) is 0 Å². The van der Waals surface area contributed by atoms with Crippen LogP contribution in [0.1, 0.15) is 5.69 Å². The molecule has 3 heterocycles. The first kappa shape index (κ1) is 13.7. The fourth-order valence-corrected chi connectivity index (χ4v) is 3.08. The van der Waals surface area contributed by atoms with Gasteiger partial charge in [-0.3, -0.25) is 4.79 Å². The van der Waals surface area contributed by atoms with Gasteiger partial charge in [0, 0.05) is 5.39 Å². The zero-order chi connectivity index (χ0) is 15.1. The minimum atomic E-state index is -0.619. The van der Waals surface area contributed by atoms with Gasteiger partial charge in [-0.2, -0.15) is 0 Å². The number of para-hydroxylation sites is 1. The third kappa shape index (κ3) is 2.27. The molecule has 2 aliphatic rings. The molecule has 2 fully saturated rings. The number of nitrogens with one attached hydrogen (secondary N) is 1. The second-order valence-corrected chi connectivity index (χ2v) is 5.64. The van der Waals surface area contributed by atoms with E-state index >= 15 is 0 Å². The lowest BCUT2D eigenvalue weighted by molar-refractivity contribution is -0.121. The summed E-state index contributed by atoms with van der Waals surface area (Å²) < 4.78 is 16.2. The number of fused-ring (bicyclic) bond motifs is 2. The van der Waals surface area contributed by atoms with E-state index in [2.05, 4.69) is 10.5 Å². The predicted octanol–water partition coefficient (Wildman–Crippen LogP) is 0.0136. The number of rotatable bonds is 3. The molecule has 1 aromatic heterocycles. The first-order valence-corrected chi connectivity index (χ1v) is 7.26. The maximum atomic E-state index is 12.2. The van der Waals surface area contributed by atoms with Crippen LogP contribution in [0.5, 0.6) is 0 Å². The molecule has 0 aliphatic carbocycles. The number of hydrogen-bond acceptors (Lipinski definition) is 6. The molecule has 2 N–H and O–H groups in total. The lowest BCUT2D eigenvalue weighted by Gasteiger charge is -2.17. The average molecular weight is 304 g/mol. The van der Waals surface area contributed by atoms with Crippen LogP contribution in [0, 0.1) is 0 Å². The lowest BCUT2D eigenvalue weighted by Crippen LogP contribution is -2.44. The molecule has 0 unspecified atom stereocenters. The summed E-state index contributed by atoms with van der Waals surface area (Å²) in [6.07, 6.45) is -1.12. The zero-order valence-corrected chi connectivity index (χ0v) is 11.8. The van der Waals surface area contributed by atoms with Gasteiger partial charge in [0.2, 0.25) is 5.91 Å². The van der Waals surface area contributed by atoms with Gasteiger partial charge in [-0.05, 0) is 12.1 Å². The molecule has 0 spiro atoms. The Morgan fingerprint density at radius 3 is 3.00 bits per heavy atom. The summed E-state index contributed by atoms with van der Waals surface area (Å²) in [5, 5.41) is 17.4. The van der Waals surface area contributed by atoms with E-state index < -0.39 is 6.10 Å². The van der Waals surface area contributed by atoms with Crippen LogP contribution in [0.4, 0.5) is 0 Å². The van der Waals surface area contributed by atoms with E-state index in [1.807, 2.05) is 24.3 Å². The molecule has 7 nitrogen and oxygen atoms in total. The van der Waals surface area contributed by atoms with Crippen LogP contribution in [0.3, 0.4) is 0 Å². The standard InChI is InChI=1S/C15H16N2O5/c18-11-7-21-14-10(6-20-15(11)14)16-13(19)5-9-8-3-1-2-4-12(8)22-17-9/h1-4,10-11,14-15,18H,5-7H2,(H,16,19)/t10-,11-,14-,15-/m1/s1. The Morgan fingerprint density at radius 1 is 1.27 bits per heavy atom. The Labute approximate surface area is 126 Å². The predicted molar refractivity (Wildman–Crippen MR) is 75.1 cm³/mol. The number of hydrogen-bond donors (Lipinski definition) is 2. The number of carbonyl (C=O) groups excluding carboxylic acids is 1. The Bertz CT molecular complexity index is 700. The van der Waals surface area contributed by atoms with E-state index in [1.165, 1.54) is 0 Å². The van der Waals surface area contributed by atoms with Crippen molar-refractivity contribution in [3.8, 4) is 0 Å². The van der Waals surface area contributed by atoms with Crippen molar-refractivity contribution >= 4 is 16.9 Å². The number of aromatic nitrogens is 1. The zero-order valence-electron chi connectivity index (χ0n) is 11.8. The highest BCUT2D eigenvalue weighted by atomic mass is 16.6. The molecule has 2 aromatic rings. The number of aliphatic hydroxyl groups excluding tert-OH is 1. The van der Waals surface area contributed by atoms with E-state index in [0.29, 0.717) is 17.9 Å². The van der Waals surface area contributed by atoms with Gasteiger partial charge in [0.15, 0.2) is 5.58 Å². The van der Waals surface area contributed by atoms with Crippen molar-refractivity contribution in [2.24, 2.45) is 0 Å². The van der Waals surface area contributed by atoms with Gasteiger partial charge in [-0.25, -0.2) is 0 Å². The summed E-state index contributed by atoms with van der Waals surface area (Å²) in [6, 6.07) is 7.18. The summed E-state index contributed by atoms with van der Waals surface area (Å²) in [6.45, 7) is 0.591. The van der Waals surface area contributed by atoms with E-state index in [0.717, 1.165) is 5.39 Å². The number of carbonyl (C=O) groups is 1. The third-order valence-electron chi connectivity index (χ3n) is 4.15. The third-order valence-corrected chi connectivity index (χ3v) is 4.15. The van der Waals surface area contributed by atoms with Crippen molar-refractivity contribution in [3.05, 3.63) is 30.0 Å². The molecule has 1 aromatic carbocycles. The highest BCUT2D eigenvalue weighted by Gasteiger charge is 2.47. The Morgan fingerprint density at radius 2 is 2.09 bits per heavy atom. The van der Waals surface area contributed by atoms with Crippen LogP contribution in [-0.2, 0) is 20.7 Å². The second kappa shape index (κ2) is 5.35. The number of ether oxygens (including phenoxy) is 2. The van der Waals surface area contributed by atoms with Crippen LogP contribution in [0.15, 0.2) is 28.8 Å². The monoisotopic (exact) mass is 304 g/mol. The lowest BCUT2D eigenvalue weighted by atomic mass is 10.1. The highest BCUT2D eigenvalue weighted by Crippen LogP contribution is 2.27. The SMILES string of the molecule is O=C(Cc1noc2ccccc12)N[C@@H]1CO[C@H]2[C@@H]1OC[C@H]2O. The van der Waals surface area contributed by atoms with Crippen molar-refractivity contribution in [2.75, 3.05) is 13.2 Å². The van der Waals surface area contributed by atoms with Crippen molar-refractivity contribution in [1.82, 2.24) is 10.5 Å². The molecule has 2 saturated heterocycles. The van der Waals surface area contributed by atoms with E-state index in [4.69, 9.17) is 14.0 Å². The largest absolute Gasteiger partial charge is 0.388 e. The minimum Gasteiger partial charge on any atom is -0.388 e. The normalized spacial score (nSPS) is 30.6. The summed E-state index contributed by atoms with van der Waals surface area (Å²) in [5.74, 6) is -0.168. The number of benzene rings is 1.